The normalized spacial score (nSPS) is 14.8. The molecule has 0 aliphatic carbocycles. The molecular weight excluding hydrogens is 176 g/mol. The van der Waals surface area contributed by atoms with E-state index in [-0.39, 0.29) is 5.92 Å². The molecule has 0 aromatic heterocycles. The highest BCUT2D eigenvalue weighted by molar-refractivity contribution is 4.72. The van der Waals surface area contributed by atoms with Crippen LogP contribution in [0.2, 0.25) is 0 Å². The van der Waals surface area contributed by atoms with E-state index in [1.165, 1.54) is 12.8 Å². The van der Waals surface area contributed by atoms with Gasteiger partial charge in [-0.05, 0) is 19.8 Å². The third-order valence-corrected chi connectivity index (χ3v) is 3.08. The molecule has 0 amide bonds. The fourth-order valence-electron chi connectivity index (χ4n) is 1.14. The second-order valence-electron chi connectivity index (χ2n) is 4.77. The highest BCUT2D eigenvalue weighted by Gasteiger charge is 2.22. The minimum atomic E-state index is -0.631. The van der Waals surface area contributed by atoms with Gasteiger partial charge in [-0.3, -0.25) is 0 Å². The van der Waals surface area contributed by atoms with Crippen molar-refractivity contribution >= 4 is 0 Å². The van der Waals surface area contributed by atoms with Gasteiger partial charge in [0.25, 0.3) is 0 Å². The molecule has 86 valence electrons. The molecule has 0 saturated carbocycles. The van der Waals surface area contributed by atoms with Gasteiger partial charge in [-0.2, -0.15) is 0 Å². The second-order valence-corrected chi connectivity index (χ2v) is 4.77. The Kier molecular flexibility index (Phi) is 6.38. The van der Waals surface area contributed by atoms with Crippen LogP contribution in [0.4, 0.5) is 0 Å². The first kappa shape index (κ1) is 13.9. The summed E-state index contributed by atoms with van der Waals surface area (Å²) < 4.78 is 5.61. The summed E-state index contributed by atoms with van der Waals surface area (Å²) in [6.07, 6.45) is 2.35. The van der Waals surface area contributed by atoms with E-state index in [1.54, 1.807) is 0 Å². The second kappa shape index (κ2) is 6.41. The molecule has 0 aliphatic rings. The van der Waals surface area contributed by atoms with Gasteiger partial charge in [-0.25, -0.2) is 0 Å². The van der Waals surface area contributed by atoms with Crippen LogP contribution in [0.3, 0.4) is 0 Å². The van der Waals surface area contributed by atoms with Crippen LogP contribution in [-0.4, -0.2) is 23.9 Å². The SMILES string of the molecule is CCC(CC)COCC(C)C(C)(C)O. The molecule has 0 aliphatic heterocycles. The number of hydrogen-bond donors (Lipinski definition) is 1. The number of ether oxygens (including phenoxy) is 1. The van der Waals surface area contributed by atoms with E-state index in [1.807, 2.05) is 20.8 Å². The van der Waals surface area contributed by atoms with Crippen LogP contribution < -0.4 is 0 Å². The van der Waals surface area contributed by atoms with Crippen molar-refractivity contribution in [3.63, 3.8) is 0 Å². The van der Waals surface area contributed by atoms with Gasteiger partial charge in [0.05, 0.1) is 12.2 Å². The van der Waals surface area contributed by atoms with Gasteiger partial charge in [0.1, 0.15) is 0 Å². The van der Waals surface area contributed by atoms with Crippen molar-refractivity contribution in [3.8, 4) is 0 Å². The molecule has 0 aromatic rings. The lowest BCUT2D eigenvalue weighted by Gasteiger charge is -2.26. The quantitative estimate of drug-likeness (QED) is 0.688. The van der Waals surface area contributed by atoms with Crippen LogP contribution in [0.5, 0.6) is 0 Å². The molecule has 1 N–H and O–H groups in total. The summed E-state index contributed by atoms with van der Waals surface area (Å²) >= 11 is 0. The third-order valence-electron chi connectivity index (χ3n) is 3.08. The van der Waals surface area contributed by atoms with Gasteiger partial charge in [0.15, 0.2) is 0 Å². The molecule has 0 spiro atoms. The van der Waals surface area contributed by atoms with Gasteiger partial charge >= 0.3 is 0 Å². The van der Waals surface area contributed by atoms with Crippen molar-refractivity contribution in [3.05, 3.63) is 0 Å². The Labute approximate surface area is 88.7 Å². The highest BCUT2D eigenvalue weighted by Crippen LogP contribution is 2.16. The number of rotatable bonds is 7. The summed E-state index contributed by atoms with van der Waals surface area (Å²) in [5.74, 6) is 0.862. The van der Waals surface area contributed by atoms with Crippen LogP contribution in [0.25, 0.3) is 0 Å². The summed E-state index contributed by atoms with van der Waals surface area (Å²) in [5, 5.41) is 9.69. The van der Waals surface area contributed by atoms with Crippen molar-refractivity contribution in [1.29, 1.82) is 0 Å². The van der Waals surface area contributed by atoms with Crippen molar-refractivity contribution < 1.29 is 9.84 Å². The summed E-state index contributed by atoms with van der Waals surface area (Å²) in [6.45, 7) is 11.5. The molecule has 1 unspecified atom stereocenters. The van der Waals surface area contributed by atoms with Gasteiger partial charge in [0, 0.05) is 12.5 Å². The molecule has 0 bridgehead atoms. The molecule has 0 saturated heterocycles. The monoisotopic (exact) mass is 202 g/mol. The van der Waals surface area contributed by atoms with Gasteiger partial charge in [-0.15, -0.1) is 0 Å². The minimum absolute atomic E-state index is 0.192. The van der Waals surface area contributed by atoms with Crippen LogP contribution in [-0.2, 0) is 4.74 Å². The van der Waals surface area contributed by atoms with Gasteiger partial charge in [0.2, 0.25) is 0 Å². The van der Waals surface area contributed by atoms with Gasteiger partial charge < -0.3 is 9.84 Å². The van der Waals surface area contributed by atoms with E-state index >= 15 is 0 Å². The maximum Gasteiger partial charge on any atom is 0.0639 e. The van der Waals surface area contributed by atoms with Crippen molar-refractivity contribution in [2.75, 3.05) is 13.2 Å². The minimum Gasteiger partial charge on any atom is -0.390 e. The fraction of sp³-hybridized carbons (Fsp3) is 1.00. The maximum absolute atomic E-state index is 9.69. The molecule has 1 atom stereocenters. The highest BCUT2D eigenvalue weighted by atomic mass is 16.5. The molecule has 2 nitrogen and oxygen atoms in total. The first-order valence-corrected chi connectivity index (χ1v) is 5.71. The van der Waals surface area contributed by atoms with E-state index in [9.17, 15) is 5.11 Å². The van der Waals surface area contributed by atoms with E-state index < -0.39 is 5.60 Å². The molecule has 0 heterocycles. The van der Waals surface area contributed by atoms with Crippen LogP contribution in [0.1, 0.15) is 47.5 Å². The lowest BCUT2D eigenvalue weighted by Crippen LogP contribution is -2.32. The first-order chi connectivity index (χ1) is 6.41. The van der Waals surface area contributed by atoms with E-state index in [0.717, 1.165) is 6.61 Å². The first-order valence-electron chi connectivity index (χ1n) is 5.71. The Morgan fingerprint density at radius 1 is 1.14 bits per heavy atom. The van der Waals surface area contributed by atoms with Crippen molar-refractivity contribution in [2.24, 2.45) is 11.8 Å². The standard InChI is InChI=1S/C12H26O2/c1-6-11(7-2)9-14-8-10(3)12(4,5)13/h10-11,13H,6-9H2,1-5H3. The van der Waals surface area contributed by atoms with E-state index in [2.05, 4.69) is 13.8 Å². The molecule has 0 aromatic carbocycles. The third kappa shape index (κ3) is 5.61. The average molecular weight is 202 g/mol. The Hall–Kier alpha value is -0.0800. The number of aliphatic hydroxyl groups is 1. The Morgan fingerprint density at radius 3 is 2.00 bits per heavy atom. The molecular formula is C12H26O2. The summed E-state index contributed by atoms with van der Waals surface area (Å²) in [6, 6.07) is 0. The fourth-order valence-corrected chi connectivity index (χ4v) is 1.14. The summed E-state index contributed by atoms with van der Waals surface area (Å²) in [5.41, 5.74) is -0.631. The average Bonchev–Trinajstić information content (AvgIpc) is 2.10. The molecule has 2 heteroatoms. The Morgan fingerprint density at radius 2 is 1.64 bits per heavy atom. The Balaban J connectivity index is 3.63. The topological polar surface area (TPSA) is 29.5 Å². The predicted octanol–water partition coefficient (Wildman–Crippen LogP) is 2.85. The van der Waals surface area contributed by atoms with E-state index in [0.29, 0.717) is 12.5 Å². The summed E-state index contributed by atoms with van der Waals surface area (Å²) in [7, 11) is 0. The van der Waals surface area contributed by atoms with Gasteiger partial charge in [-0.1, -0.05) is 33.6 Å². The lowest BCUT2D eigenvalue weighted by molar-refractivity contribution is -0.0278. The van der Waals surface area contributed by atoms with Crippen LogP contribution >= 0.6 is 0 Å². The molecule has 14 heavy (non-hydrogen) atoms. The maximum atomic E-state index is 9.69. The molecule has 0 radical (unpaired) electrons. The molecule has 0 rings (SSSR count). The van der Waals surface area contributed by atoms with Crippen molar-refractivity contribution in [2.45, 2.75) is 53.1 Å². The zero-order chi connectivity index (χ0) is 11.2. The van der Waals surface area contributed by atoms with Crippen LogP contribution in [0, 0.1) is 11.8 Å². The zero-order valence-electron chi connectivity index (χ0n) is 10.3. The Bertz CT molecular complexity index is 134. The van der Waals surface area contributed by atoms with Crippen molar-refractivity contribution in [1.82, 2.24) is 0 Å². The molecule has 0 fully saturated rings. The lowest BCUT2D eigenvalue weighted by atomic mass is 9.94. The van der Waals surface area contributed by atoms with Crippen LogP contribution in [0.15, 0.2) is 0 Å². The van der Waals surface area contributed by atoms with E-state index in [4.69, 9.17) is 4.74 Å². The summed E-state index contributed by atoms with van der Waals surface area (Å²) in [4.78, 5) is 0. The predicted molar refractivity (Wildman–Crippen MR) is 60.4 cm³/mol. The smallest absolute Gasteiger partial charge is 0.0639 e. The zero-order valence-corrected chi connectivity index (χ0v) is 10.3. The number of hydrogen-bond acceptors (Lipinski definition) is 2. The largest absolute Gasteiger partial charge is 0.390 e.